The average molecular weight is 654 g/mol. The Morgan fingerprint density at radius 1 is 0.431 bits per heavy atom. The van der Waals surface area contributed by atoms with E-state index in [9.17, 15) is 0 Å². The van der Waals surface area contributed by atoms with E-state index in [4.69, 9.17) is 4.42 Å². The second kappa shape index (κ2) is 11.3. The van der Waals surface area contributed by atoms with Crippen molar-refractivity contribution in [1.29, 1.82) is 0 Å². The summed E-state index contributed by atoms with van der Waals surface area (Å²) >= 11 is 0. The van der Waals surface area contributed by atoms with E-state index in [1.54, 1.807) is 0 Å². The molecule has 1 aliphatic carbocycles. The largest absolute Gasteiger partial charge is 0.456 e. The van der Waals surface area contributed by atoms with Crippen molar-refractivity contribution in [3.63, 3.8) is 0 Å². The summed E-state index contributed by atoms with van der Waals surface area (Å²) in [5.41, 5.74) is 15.2. The lowest BCUT2D eigenvalue weighted by Crippen LogP contribution is -2.16. The molecule has 0 radical (unpaired) electrons. The molecule has 8 aromatic carbocycles. The third-order valence-electron chi connectivity index (χ3n) is 10.9. The molecule has 1 aliphatic rings. The first-order chi connectivity index (χ1) is 25.0. The Kier molecular flexibility index (Phi) is 6.56. The van der Waals surface area contributed by atoms with E-state index in [-0.39, 0.29) is 5.41 Å². The second-order valence-electron chi connectivity index (χ2n) is 14.1. The first-order valence-corrected chi connectivity index (χ1v) is 17.7. The molecule has 51 heavy (non-hydrogen) atoms. The van der Waals surface area contributed by atoms with Crippen LogP contribution in [-0.2, 0) is 5.41 Å². The number of rotatable bonds is 5. The Bertz CT molecular complexity index is 2770. The smallest absolute Gasteiger partial charge is 0.136 e. The lowest BCUT2D eigenvalue weighted by atomic mass is 9.82. The van der Waals surface area contributed by atoms with Crippen molar-refractivity contribution in [2.75, 3.05) is 4.90 Å². The summed E-state index contributed by atoms with van der Waals surface area (Å²) in [6.07, 6.45) is 0. The molecule has 2 nitrogen and oxygen atoms in total. The lowest BCUT2D eigenvalue weighted by Gasteiger charge is -2.29. The van der Waals surface area contributed by atoms with Crippen molar-refractivity contribution < 1.29 is 4.42 Å². The zero-order chi connectivity index (χ0) is 34.1. The van der Waals surface area contributed by atoms with Gasteiger partial charge in [-0.25, -0.2) is 0 Å². The molecule has 2 heteroatoms. The van der Waals surface area contributed by atoms with Gasteiger partial charge in [0.2, 0.25) is 0 Å². The molecule has 0 unspecified atom stereocenters. The molecule has 0 fully saturated rings. The van der Waals surface area contributed by atoms with Crippen LogP contribution in [0.25, 0.3) is 66.1 Å². The molecule has 0 atom stereocenters. The van der Waals surface area contributed by atoms with Gasteiger partial charge in [0.05, 0.1) is 5.69 Å². The fraction of sp³-hybridized carbons (Fsp3) is 0.0612. The molecule has 0 saturated heterocycles. The predicted octanol–water partition coefficient (Wildman–Crippen LogP) is 13.8. The summed E-state index contributed by atoms with van der Waals surface area (Å²) in [4.78, 5) is 2.43. The van der Waals surface area contributed by atoms with Crippen LogP contribution >= 0.6 is 0 Å². The van der Waals surface area contributed by atoms with Crippen LogP contribution in [-0.4, -0.2) is 0 Å². The Hall–Kier alpha value is -6.38. The SMILES string of the molecule is CC1(C)c2ccccc2-c2ccc(N(c3ccc4oc5cccc(-c6ccc(-c7ccccc7)cc6)c5c4c3)c3cccc4ccccc34)cc21. The van der Waals surface area contributed by atoms with Crippen molar-refractivity contribution in [1.82, 2.24) is 0 Å². The highest BCUT2D eigenvalue weighted by atomic mass is 16.3. The standard InChI is InChI=1S/C49H35NO/c1-49(2)43-19-9-8-17-40(43)41-28-26-37(31-44(41)49)50(45-20-10-15-34-14-6-7-16-38(34)45)36-27-29-46-42(30-36)48-39(18-11-21-47(48)51-46)35-24-22-33(23-25-35)32-12-4-3-5-13-32/h3-31H,1-2H3. The second-order valence-corrected chi connectivity index (χ2v) is 14.1. The molecular weight excluding hydrogens is 619 g/mol. The maximum absolute atomic E-state index is 6.53. The number of fused-ring (bicyclic) bond motifs is 7. The van der Waals surface area contributed by atoms with Crippen molar-refractivity contribution in [3.8, 4) is 33.4 Å². The van der Waals surface area contributed by atoms with Crippen LogP contribution in [0, 0.1) is 0 Å². The van der Waals surface area contributed by atoms with Crippen molar-refractivity contribution in [2.24, 2.45) is 0 Å². The summed E-state index contributed by atoms with van der Waals surface area (Å²) in [5, 5.41) is 4.65. The van der Waals surface area contributed by atoms with E-state index in [1.807, 2.05) is 0 Å². The van der Waals surface area contributed by atoms with Crippen LogP contribution < -0.4 is 4.90 Å². The molecule has 9 aromatic rings. The number of hydrogen-bond acceptors (Lipinski definition) is 2. The van der Waals surface area contributed by atoms with Crippen LogP contribution in [0.1, 0.15) is 25.0 Å². The first kappa shape index (κ1) is 29.5. The Morgan fingerprint density at radius 2 is 1.08 bits per heavy atom. The number of hydrogen-bond donors (Lipinski definition) is 0. The summed E-state index contributed by atoms with van der Waals surface area (Å²) < 4.78 is 6.53. The molecule has 0 amide bonds. The van der Waals surface area contributed by atoms with E-state index in [2.05, 4.69) is 195 Å². The van der Waals surface area contributed by atoms with E-state index < -0.39 is 0 Å². The van der Waals surface area contributed by atoms with Gasteiger partial charge in [0, 0.05) is 32.9 Å². The minimum Gasteiger partial charge on any atom is -0.456 e. The zero-order valence-corrected chi connectivity index (χ0v) is 28.6. The van der Waals surface area contributed by atoms with Gasteiger partial charge in [-0.05, 0) is 92.4 Å². The Labute approximate surface area is 297 Å². The summed E-state index contributed by atoms with van der Waals surface area (Å²) in [7, 11) is 0. The number of benzene rings is 8. The molecular formula is C49H35NO. The van der Waals surface area contributed by atoms with Gasteiger partial charge in [-0.1, -0.05) is 147 Å². The van der Waals surface area contributed by atoms with Gasteiger partial charge in [0.15, 0.2) is 0 Å². The van der Waals surface area contributed by atoms with Gasteiger partial charge in [-0.2, -0.15) is 0 Å². The highest BCUT2D eigenvalue weighted by molar-refractivity contribution is 6.14. The highest BCUT2D eigenvalue weighted by Gasteiger charge is 2.35. The van der Waals surface area contributed by atoms with Crippen LogP contribution in [0.2, 0.25) is 0 Å². The predicted molar refractivity (Wildman–Crippen MR) is 214 cm³/mol. The van der Waals surface area contributed by atoms with Gasteiger partial charge in [0.25, 0.3) is 0 Å². The first-order valence-electron chi connectivity index (χ1n) is 17.7. The molecule has 0 aliphatic heterocycles. The zero-order valence-electron chi connectivity index (χ0n) is 28.6. The van der Waals surface area contributed by atoms with Gasteiger partial charge in [-0.3, -0.25) is 0 Å². The van der Waals surface area contributed by atoms with E-state index in [0.717, 1.165) is 44.6 Å². The van der Waals surface area contributed by atoms with E-state index >= 15 is 0 Å². The number of furan rings is 1. The number of anilines is 3. The Morgan fingerprint density at radius 3 is 1.96 bits per heavy atom. The topological polar surface area (TPSA) is 16.4 Å². The maximum atomic E-state index is 6.53. The van der Waals surface area contributed by atoms with Gasteiger partial charge >= 0.3 is 0 Å². The van der Waals surface area contributed by atoms with Gasteiger partial charge in [-0.15, -0.1) is 0 Å². The Balaban J connectivity index is 1.17. The highest BCUT2D eigenvalue weighted by Crippen LogP contribution is 2.51. The third kappa shape index (κ3) is 4.64. The lowest BCUT2D eigenvalue weighted by molar-refractivity contribution is 0.660. The van der Waals surface area contributed by atoms with Gasteiger partial charge < -0.3 is 9.32 Å². The van der Waals surface area contributed by atoms with Crippen molar-refractivity contribution in [3.05, 3.63) is 187 Å². The molecule has 0 spiro atoms. The fourth-order valence-electron chi connectivity index (χ4n) is 8.33. The molecule has 0 N–H and O–H groups in total. The maximum Gasteiger partial charge on any atom is 0.136 e. The third-order valence-corrected chi connectivity index (χ3v) is 10.9. The summed E-state index contributed by atoms with van der Waals surface area (Å²) in [5.74, 6) is 0. The fourth-order valence-corrected chi connectivity index (χ4v) is 8.33. The molecule has 0 bridgehead atoms. The normalized spacial score (nSPS) is 13.1. The van der Waals surface area contributed by atoms with Crippen molar-refractivity contribution in [2.45, 2.75) is 19.3 Å². The van der Waals surface area contributed by atoms with E-state index in [1.165, 1.54) is 49.7 Å². The molecule has 10 rings (SSSR count). The van der Waals surface area contributed by atoms with E-state index in [0.29, 0.717) is 0 Å². The molecule has 0 saturated carbocycles. The van der Waals surface area contributed by atoms with Crippen molar-refractivity contribution >= 4 is 49.8 Å². The van der Waals surface area contributed by atoms with Crippen LogP contribution in [0.3, 0.4) is 0 Å². The van der Waals surface area contributed by atoms with Crippen LogP contribution in [0.5, 0.6) is 0 Å². The number of nitrogens with zero attached hydrogens (tertiary/aromatic N) is 1. The molecule has 1 heterocycles. The summed E-state index contributed by atoms with van der Waals surface area (Å²) in [6.45, 7) is 4.70. The van der Waals surface area contributed by atoms with Crippen LogP contribution in [0.15, 0.2) is 180 Å². The molecule has 242 valence electrons. The van der Waals surface area contributed by atoms with Crippen LogP contribution in [0.4, 0.5) is 17.1 Å². The summed E-state index contributed by atoms with van der Waals surface area (Å²) in [6, 6.07) is 63.6. The average Bonchev–Trinajstić information content (AvgIpc) is 3.67. The minimum atomic E-state index is -0.109. The monoisotopic (exact) mass is 653 g/mol. The quantitative estimate of drug-likeness (QED) is 0.184. The van der Waals surface area contributed by atoms with Gasteiger partial charge in [0.1, 0.15) is 11.2 Å². The minimum absolute atomic E-state index is 0.109. The molecule has 1 aromatic heterocycles.